The Labute approximate surface area is 102 Å². The van der Waals surface area contributed by atoms with Crippen LogP contribution >= 0.6 is 0 Å². The predicted molar refractivity (Wildman–Crippen MR) is 57.7 cm³/mol. The van der Waals surface area contributed by atoms with Crippen LogP contribution in [0.15, 0.2) is 0 Å². The molecule has 0 unspecified atom stereocenters. The summed E-state index contributed by atoms with van der Waals surface area (Å²) >= 11 is 0. The number of amides is 2. The number of carbonyl (C=O) groups is 2. The van der Waals surface area contributed by atoms with Crippen LogP contribution in [0.4, 0.5) is 13.2 Å². The minimum atomic E-state index is -4.33. The number of halogens is 3. The van der Waals surface area contributed by atoms with Crippen LogP contribution in [0.1, 0.15) is 19.3 Å². The zero-order valence-electron chi connectivity index (χ0n) is 9.77. The van der Waals surface area contributed by atoms with Crippen LogP contribution in [-0.4, -0.2) is 43.7 Å². The quantitative estimate of drug-likeness (QED) is 0.604. The summed E-state index contributed by atoms with van der Waals surface area (Å²) in [5.41, 5.74) is 0. The largest absolute Gasteiger partial charge is 0.401 e. The first-order chi connectivity index (χ1) is 8.37. The molecule has 104 valence electrons. The lowest BCUT2D eigenvalue weighted by Crippen LogP contribution is -2.39. The van der Waals surface area contributed by atoms with Crippen molar-refractivity contribution < 1.29 is 22.8 Å². The van der Waals surface area contributed by atoms with Crippen LogP contribution in [0, 0.1) is 0 Å². The second kappa shape index (κ2) is 6.58. The van der Waals surface area contributed by atoms with Crippen molar-refractivity contribution in [3.05, 3.63) is 0 Å². The molecule has 1 aliphatic rings. The zero-order chi connectivity index (χ0) is 13.6. The Morgan fingerprint density at radius 1 is 1.17 bits per heavy atom. The van der Waals surface area contributed by atoms with Crippen molar-refractivity contribution in [1.29, 1.82) is 0 Å². The second-order valence-electron chi connectivity index (χ2n) is 4.16. The maximum absolute atomic E-state index is 11.7. The average Bonchev–Trinajstić information content (AvgIpc) is 2.99. The number of rotatable bonds is 7. The van der Waals surface area contributed by atoms with Gasteiger partial charge in [-0.15, -0.1) is 0 Å². The smallest absolute Gasteiger partial charge is 0.354 e. The van der Waals surface area contributed by atoms with E-state index in [0.717, 1.165) is 12.8 Å². The average molecular weight is 267 g/mol. The summed E-state index contributed by atoms with van der Waals surface area (Å²) in [5.74, 6) is -0.709. The number of carbonyl (C=O) groups excluding carboxylic acids is 2. The zero-order valence-corrected chi connectivity index (χ0v) is 9.77. The van der Waals surface area contributed by atoms with E-state index >= 15 is 0 Å². The van der Waals surface area contributed by atoms with E-state index in [2.05, 4.69) is 10.6 Å². The van der Waals surface area contributed by atoms with Gasteiger partial charge in [0.25, 0.3) is 0 Å². The van der Waals surface area contributed by atoms with Crippen LogP contribution in [0.5, 0.6) is 0 Å². The molecule has 0 radical (unpaired) electrons. The fraction of sp³-hybridized carbons (Fsp3) is 0.800. The van der Waals surface area contributed by atoms with Crippen molar-refractivity contribution in [2.24, 2.45) is 0 Å². The van der Waals surface area contributed by atoms with Crippen molar-refractivity contribution >= 4 is 11.8 Å². The molecule has 1 fully saturated rings. The van der Waals surface area contributed by atoms with Crippen molar-refractivity contribution in [1.82, 2.24) is 16.0 Å². The lowest BCUT2D eigenvalue weighted by Gasteiger charge is -2.08. The van der Waals surface area contributed by atoms with Crippen molar-refractivity contribution in [2.45, 2.75) is 31.5 Å². The first kappa shape index (κ1) is 14.7. The third-order valence-electron chi connectivity index (χ3n) is 2.23. The van der Waals surface area contributed by atoms with Gasteiger partial charge in [0.15, 0.2) is 0 Å². The van der Waals surface area contributed by atoms with Gasteiger partial charge in [-0.05, 0) is 12.8 Å². The Hall–Kier alpha value is -1.31. The number of alkyl halides is 3. The molecule has 2 amide bonds. The van der Waals surface area contributed by atoms with Gasteiger partial charge in [0.1, 0.15) is 0 Å². The Morgan fingerprint density at radius 3 is 2.39 bits per heavy atom. The van der Waals surface area contributed by atoms with Gasteiger partial charge in [-0.25, -0.2) is 0 Å². The van der Waals surface area contributed by atoms with E-state index < -0.39 is 25.2 Å². The molecule has 8 heteroatoms. The van der Waals surface area contributed by atoms with E-state index in [-0.39, 0.29) is 24.9 Å². The second-order valence-corrected chi connectivity index (χ2v) is 4.16. The summed E-state index contributed by atoms with van der Waals surface area (Å²) in [7, 11) is 0. The molecule has 0 heterocycles. The van der Waals surface area contributed by atoms with Gasteiger partial charge in [0, 0.05) is 19.0 Å². The molecule has 0 aromatic carbocycles. The highest BCUT2D eigenvalue weighted by Gasteiger charge is 2.26. The van der Waals surface area contributed by atoms with Gasteiger partial charge in [-0.1, -0.05) is 0 Å². The first-order valence-electron chi connectivity index (χ1n) is 5.70. The lowest BCUT2D eigenvalue weighted by molar-refractivity contribution is -0.128. The van der Waals surface area contributed by atoms with Crippen LogP contribution in [-0.2, 0) is 9.59 Å². The highest BCUT2D eigenvalue weighted by atomic mass is 19.4. The first-order valence-corrected chi connectivity index (χ1v) is 5.70. The van der Waals surface area contributed by atoms with Gasteiger partial charge in [0.2, 0.25) is 11.8 Å². The molecular weight excluding hydrogens is 251 g/mol. The van der Waals surface area contributed by atoms with Gasteiger partial charge < -0.3 is 16.0 Å². The summed E-state index contributed by atoms with van der Waals surface area (Å²) in [6.07, 6.45) is -2.22. The molecule has 0 spiro atoms. The van der Waals surface area contributed by atoms with Crippen molar-refractivity contribution in [2.75, 3.05) is 19.6 Å². The Kier molecular flexibility index (Phi) is 5.39. The monoisotopic (exact) mass is 267 g/mol. The van der Waals surface area contributed by atoms with Crippen LogP contribution in [0.3, 0.4) is 0 Å². The van der Waals surface area contributed by atoms with E-state index in [1.807, 2.05) is 5.32 Å². The summed E-state index contributed by atoms with van der Waals surface area (Å²) < 4.78 is 35.2. The minimum absolute atomic E-state index is 0.130. The van der Waals surface area contributed by atoms with Crippen molar-refractivity contribution in [3.63, 3.8) is 0 Å². The fourth-order valence-corrected chi connectivity index (χ4v) is 1.22. The highest BCUT2D eigenvalue weighted by Crippen LogP contribution is 2.18. The van der Waals surface area contributed by atoms with Crippen molar-refractivity contribution in [3.8, 4) is 0 Å². The Balaban J connectivity index is 1.97. The number of hydrogen-bond acceptors (Lipinski definition) is 3. The van der Waals surface area contributed by atoms with E-state index in [9.17, 15) is 22.8 Å². The molecule has 0 aromatic heterocycles. The molecule has 1 aliphatic carbocycles. The molecule has 1 saturated carbocycles. The highest BCUT2D eigenvalue weighted by molar-refractivity contribution is 5.80. The van der Waals surface area contributed by atoms with Crippen LogP contribution in [0.2, 0.25) is 0 Å². The summed E-state index contributed by atoms with van der Waals surface area (Å²) in [6, 6.07) is 0.265. The molecular formula is C10H16F3N3O2. The lowest BCUT2D eigenvalue weighted by atomic mass is 10.4. The van der Waals surface area contributed by atoms with Crippen LogP contribution in [0.25, 0.3) is 0 Å². The van der Waals surface area contributed by atoms with Gasteiger partial charge in [-0.2, -0.15) is 13.2 Å². The molecule has 0 aliphatic heterocycles. The molecule has 5 nitrogen and oxygen atoms in total. The number of nitrogens with one attached hydrogen (secondary N) is 3. The standard InChI is InChI=1S/C10H16F3N3O2/c11-10(12,13)6-14-5-9(18)15-4-3-8(17)16-7-1-2-7/h7,14H,1-6H2,(H,15,18)(H,16,17). The summed E-state index contributed by atoms with van der Waals surface area (Å²) in [4.78, 5) is 22.3. The van der Waals surface area contributed by atoms with Gasteiger partial charge >= 0.3 is 6.18 Å². The van der Waals surface area contributed by atoms with E-state index in [4.69, 9.17) is 0 Å². The van der Waals surface area contributed by atoms with E-state index in [1.165, 1.54) is 0 Å². The maximum Gasteiger partial charge on any atom is 0.401 e. The fourth-order valence-electron chi connectivity index (χ4n) is 1.22. The third-order valence-corrected chi connectivity index (χ3v) is 2.23. The predicted octanol–water partition coefficient (Wildman–Crippen LogP) is -0.0768. The van der Waals surface area contributed by atoms with E-state index in [1.54, 1.807) is 0 Å². The summed E-state index contributed by atoms with van der Waals surface area (Å²) in [6.45, 7) is -1.49. The molecule has 3 N–H and O–H groups in total. The van der Waals surface area contributed by atoms with Crippen LogP contribution < -0.4 is 16.0 Å². The molecule has 1 rings (SSSR count). The third kappa shape index (κ3) is 7.88. The molecule has 0 atom stereocenters. The molecule has 0 bridgehead atoms. The topological polar surface area (TPSA) is 70.2 Å². The Bertz CT molecular complexity index is 303. The normalized spacial score (nSPS) is 15.3. The van der Waals surface area contributed by atoms with Gasteiger partial charge in [0.05, 0.1) is 13.1 Å². The Morgan fingerprint density at radius 2 is 1.83 bits per heavy atom. The van der Waals surface area contributed by atoms with Gasteiger partial charge in [-0.3, -0.25) is 9.59 Å². The molecule has 18 heavy (non-hydrogen) atoms. The molecule has 0 aromatic rings. The molecule has 0 saturated heterocycles. The maximum atomic E-state index is 11.7. The minimum Gasteiger partial charge on any atom is -0.354 e. The van der Waals surface area contributed by atoms with E-state index in [0.29, 0.717) is 0 Å². The SMILES string of the molecule is O=C(CNCC(F)(F)F)NCCC(=O)NC1CC1. The number of hydrogen-bond donors (Lipinski definition) is 3. The summed E-state index contributed by atoms with van der Waals surface area (Å²) in [5, 5.41) is 7.07.